The van der Waals surface area contributed by atoms with Crippen molar-refractivity contribution < 1.29 is 27.2 Å². The van der Waals surface area contributed by atoms with Gasteiger partial charge in [0, 0.05) is 42.4 Å². The van der Waals surface area contributed by atoms with Crippen LogP contribution in [0, 0.1) is 12.7 Å². The van der Waals surface area contributed by atoms with Crippen LogP contribution in [0.3, 0.4) is 0 Å². The zero-order chi connectivity index (χ0) is 25.9. The van der Waals surface area contributed by atoms with Crippen molar-refractivity contribution >= 4 is 11.8 Å². The van der Waals surface area contributed by atoms with E-state index in [0.29, 0.717) is 42.8 Å². The Balaban J connectivity index is 1.42. The molecule has 1 fully saturated rings. The lowest BCUT2D eigenvalue weighted by atomic mass is 9.89. The average molecular weight is 500 g/mol. The van der Waals surface area contributed by atoms with Gasteiger partial charge in [-0.15, -0.1) is 0 Å². The first kappa shape index (κ1) is 25.3. The molecule has 9 heteroatoms. The fourth-order valence-corrected chi connectivity index (χ4v) is 4.33. The van der Waals surface area contributed by atoms with Crippen LogP contribution >= 0.6 is 0 Å². The SMILES string of the molecule is Cc1ccc(C(=O)NCc2ccccc2F)c(C2CCN(C(=O)c3ccc(C(F)(F)F)cc3)CC2)n1. The van der Waals surface area contributed by atoms with Crippen molar-refractivity contribution in [2.45, 2.75) is 38.4 Å². The van der Waals surface area contributed by atoms with E-state index in [9.17, 15) is 27.2 Å². The van der Waals surface area contributed by atoms with Crippen molar-refractivity contribution in [3.63, 3.8) is 0 Å². The molecule has 0 atom stereocenters. The van der Waals surface area contributed by atoms with Crippen molar-refractivity contribution in [2.24, 2.45) is 0 Å². The standard InChI is InChI=1S/C27H25F4N3O2/c1-17-6-11-22(25(35)32-16-20-4-2-3-5-23(20)28)24(33-17)18-12-14-34(15-13-18)26(36)19-7-9-21(10-8-19)27(29,30)31/h2-11,18H,12-16H2,1H3,(H,32,35). The summed E-state index contributed by atoms with van der Waals surface area (Å²) in [5, 5.41) is 2.76. The van der Waals surface area contributed by atoms with Crippen LogP contribution in [0.5, 0.6) is 0 Å². The number of aryl methyl sites for hydroxylation is 1. The van der Waals surface area contributed by atoms with E-state index in [1.807, 2.05) is 6.92 Å². The highest BCUT2D eigenvalue weighted by atomic mass is 19.4. The Kier molecular flexibility index (Phi) is 7.37. The normalized spacial score (nSPS) is 14.5. The molecule has 0 aliphatic carbocycles. The molecule has 1 saturated heterocycles. The molecule has 0 radical (unpaired) electrons. The van der Waals surface area contributed by atoms with Gasteiger partial charge in [0.1, 0.15) is 5.82 Å². The summed E-state index contributed by atoms with van der Waals surface area (Å²) in [7, 11) is 0. The zero-order valence-electron chi connectivity index (χ0n) is 19.6. The molecule has 5 nitrogen and oxygen atoms in total. The lowest BCUT2D eigenvalue weighted by molar-refractivity contribution is -0.137. The maximum atomic E-state index is 13.9. The molecule has 0 unspecified atom stereocenters. The number of aromatic nitrogens is 1. The topological polar surface area (TPSA) is 62.3 Å². The van der Waals surface area contributed by atoms with Crippen molar-refractivity contribution in [3.05, 3.63) is 100 Å². The predicted molar refractivity (Wildman–Crippen MR) is 126 cm³/mol. The number of halogens is 4. The summed E-state index contributed by atoms with van der Waals surface area (Å²) in [5.74, 6) is -1.16. The number of amides is 2. The van der Waals surface area contributed by atoms with Gasteiger partial charge in [-0.25, -0.2) is 4.39 Å². The molecule has 2 heterocycles. The molecule has 2 amide bonds. The molecule has 36 heavy (non-hydrogen) atoms. The Morgan fingerprint density at radius 2 is 1.67 bits per heavy atom. The Morgan fingerprint density at radius 3 is 2.31 bits per heavy atom. The van der Waals surface area contributed by atoms with Crippen LogP contribution in [0.4, 0.5) is 17.6 Å². The van der Waals surface area contributed by atoms with Crippen LogP contribution in [0.15, 0.2) is 60.7 Å². The van der Waals surface area contributed by atoms with Crippen LogP contribution in [-0.2, 0) is 12.7 Å². The minimum atomic E-state index is -4.46. The van der Waals surface area contributed by atoms with Crippen LogP contribution < -0.4 is 5.32 Å². The molecule has 1 aromatic heterocycles. The number of hydrogen-bond acceptors (Lipinski definition) is 3. The van der Waals surface area contributed by atoms with Crippen LogP contribution in [-0.4, -0.2) is 34.8 Å². The van der Waals surface area contributed by atoms with Gasteiger partial charge < -0.3 is 10.2 Å². The average Bonchev–Trinajstić information content (AvgIpc) is 2.87. The predicted octanol–water partition coefficient (Wildman–Crippen LogP) is 5.50. The molecule has 3 aromatic rings. The molecular weight excluding hydrogens is 474 g/mol. The number of rotatable bonds is 5. The third-order valence-electron chi connectivity index (χ3n) is 6.33. The second-order valence-corrected chi connectivity index (χ2v) is 8.80. The number of carbonyl (C=O) groups is 2. The quantitative estimate of drug-likeness (QED) is 0.472. The van der Waals surface area contributed by atoms with E-state index in [1.54, 1.807) is 35.2 Å². The van der Waals surface area contributed by atoms with E-state index >= 15 is 0 Å². The van der Waals surface area contributed by atoms with Gasteiger partial charge in [-0.2, -0.15) is 13.2 Å². The van der Waals surface area contributed by atoms with Crippen LogP contribution in [0.1, 0.15) is 62.0 Å². The summed E-state index contributed by atoms with van der Waals surface area (Å²) in [4.78, 5) is 32.0. The third kappa shape index (κ3) is 5.72. The zero-order valence-corrected chi connectivity index (χ0v) is 19.6. The summed E-state index contributed by atoms with van der Waals surface area (Å²) in [5.41, 5.74) is 1.56. The van der Waals surface area contributed by atoms with E-state index in [4.69, 9.17) is 0 Å². The van der Waals surface area contributed by atoms with Gasteiger partial charge in [0.15, 0.2) is 0 Å². The Morgan fingerprint density at radius 1 is 1.00 bits per heavy atom. The van der Waals surface area contributed by atoms with Gasteiger partial charge in [-0.3, -0.25) is 14.6 Å². The number of carbonyl (C=O) groups excluding carboxylic acids is 2. The molecule has 4 rings (SSSR count). The molecule has 2 aromatic carbocycles. The second kappa shape index (κ2) is 10.5. The summed E-state index contributed by atoms with van der Waals surface area (Å²) < 4.78 is 52.3. The van der Waals surface area contributed by atoms with E-state index < -0.39 is 17.6 Å². The van der Waals surface area contributed by atoms with E-state index in [-0.39, 0.29) is 29.8 Å². The minimum Gasteiger partial charge on any atom is -0.348 e. The fourth-order valence-electron chi connectivity index (χ4n) is 4.33. The van der Waals surface area contributed by atoms with Crippen LogP contribution in [0.2, 0.25) is 0 Å². The van der Waals surface area contributed by atoms with E-state index in [2.05, 4.69) is 10.3 Å². The maximum Gasteiger partial charge on any atom is 0.416 e. The minimum absolute atomic E-state index is 0.0406. The lowest BCUT2D eigenvalue weighted by Crippen LogP contribution is -2.38. The van der Waals surface area contributed by atoms with Gasteiger partial charge in [0.2, 0.25) is 0 Å². The highest BCUT2D eigenvalue weighted by molar-refractivity contribution is 5.96. The van der Waals surface area contributed by atoms with Crippen molar-refractivity contribution in [1.29, 1.82) is 0 Å². The molecule has 188 valence electrons. The molecule has 1 aliphatic rings. The van der Waals surface area contributed by atoms with Crippen molar-refractivity contribution in [1.82, 2.24) is 15.2 Å². The Labute approximate surface area is 206 Å². The van der Waals surface area contributed by atoms with Gasteiger partial charge in [0.05, 0.1) is 16.8 Å². The number of alkyl halides is 3. The van der Waals surface area contributed by atoms with Crippen LogP contribution in [0.25, 0.3) is 0 Å². The monoisotopic (exact) mass is 499 g/mol. The number of benzene rings is 2. The first-order chi connectivity index (χ1) is 17.1. The van der Waals surface area contributed by atoms with Gasteiger partial charge in [-0.1, -0.05) is 18.2 Å². The number of hydrogen-bond donors (Lipinski definition) is 1. The highest BCUT2D eigenvalue weighted by Gasteiger charge is 2.31. The number of piperidine rings is 1. The number of likely N-dealkylation sites (tertiary alicyclic amines) is 1. The number of pyridine rings is 1. The van der Waals surface area contributed by atoms with Gasteiger partial charge in [-0.05, 0) is 62.2 Å². The first-order valence-corrected chi connectivity index (χ1v) is 11.6. The molecule has 0 spiro atoms. The Bertz CT molecular complexity index is 1250. The number of nitrogens with zero attached hydrogens (tertiary/aromatic N) is 2. The molecular formula is C27H25F4N3O2. The van der Waals surface area contributed by atoms with Gasteiger partial charge >= 0.3 is 6.18 Å². The fraction of sp³-hybridized carbons (Fsp3) is 0.296. The molecule has 0 saturated carbocycles. The second-order valence-electron chi connectivity index (χ2n) is 8.80. The summed E-state index contributed by atoms with van der Waals surface area (Å²) in [6.07, 6.45) is -3.35. The van der Waals surface area contributed by atoms with E-state index in [0.717, 1.165) is 17.8 Å². The smallest absolute Gasteiger partial charge is 0.348 e. The first-order valence-electron chi connectivity index (χ1n) is 11.6. The highest BCUT2D eigenvalue weighted by Crippen LogP contribution is 2.31. The Hall–Kier alpha value is -3.75. The van der Waals surface area contributed by atoms with Crippen molar-refractivity contribution in [2.75, 3.05) is 13.1 Å². The van der Waals surface area contributed by atoms with Crippen molar-refractivity contribution in [3.8, 4) is 0 Å². The summed E-state index contributed by atoms with van der Waals surface area (Å²) in [6, 6.07) is 13.9. The molecule has 1 aliphatic heterocycles. The third-order valence-corrected chi connectivity index (χ3v) is 6.33. The summed E-state index contributed by atoms with van der Waals surface area (Å²) >= 11 is 0. The molecule has 1 N–H and O–H groups in total. The largest absolute Gasteiger partial charge is 0.416 e. The van der Waals surface area contributed by atoms with Gasteiger partial charge in [0.25, 0.3) is 11.8 Å². The van der Waals surface area contributed by atoms with E-state index in [1.165, 1.54) is 18.2 Å². The number of nitrogens with one attached hydrogen (secondary N) is 1. The maximum absolute atomic E-state index is 13.9. The molecule has 0 bridgehead atoms. The summed E-state index contributed by atoms with van der Waals surface area (Å²) in [6.45, 7) is 2.64. The lowest BCUT2D eigenvalue weighted by Gasteiger charge is -2.32.